The second kappa shape index (κ2) is 6.85. The lowest BCUT2D eigenvalue weighted by molar-refractivity contribution is 0.347. The summed E-state index contributed by atoms with van der Waals surface area (Å²) in [6, 6.07) is 0. The van der Waals surface area contributed by atoms with Crippen molar-refractivity contribution in [3.63, 3.8) is 0 Å². The van der Waals surface area contributed by atoms with Gasteiger partial charge in [0, 0.05) is 6.54 Å². The summed E-state index contributed by atoms with van der Waals surface area (Å²) in [5, 5.41) is 11.7. The molecule has 104 valence electrons. The maximum absolute atomic E-state index is 4.17. The molecule has 0 atom stereocenters. The van der Waals surface area contributed by atoms with Gasteiger partial charge in [-0.3, -0.25) is 0 Å². The molecule has 0 radical (unpaired) electrons. The van der Waals surface area contributed by atoms with Crippen LogP contribution in [0.1, 0.15) is 39.3 Å². The van der Waals surface area contributed by atoms with Crippen molar-refractivity contribution in [1.29, 1.82) is 0 Å². The van der Waals surface area contributed by atoms with Crippen LogP contribution >= 0.6 is 0 Å². The zero-order chi connectivity index (χ0) is 13.6. The number of aromatic nitrogens is 3. The maximum atomic E-state index is 4.17. The first-order chi connectivity index (χ1) is 8.39. The van der Waals surface area contributed by atoms with Crippen LogP contribution in [0.15, 0.2) is 6.20 Å². The van der Waals surface area contributed by atoms with E-state index in [1.165, 1.54) is 12.8 Å². The first kappa shape index (κ1) is 15.1. The fraction of sp³-hybridized carbons (Fsp3) is 0.846. The van der Waals surface area contributed by atoms with Crippen LogP contribution in [0.4, 0.5) is 0 Å². The molecular formula is C13H27N5. The standard InChI is InChI=1S/C13H27N5/c1-13(2,3)18-11-12(15-16-18)10-14-8-6-7-9-17(4)5/h11,14H,6-10H2,1-5H3. The van der Waals surface area contributed by atoms with Crippen molar-refractivity contribution in [2.24, 2.45) is 0 Å². The van der Waals surface area contributed by atoms with Crippen molar-refractivity contribution >= 4 is 0 Å². The van der Waals surface area contributed by atoms with E-state index in [2.05, 4.69) is 55.4 Å². The van der Waals surface area contributed by atoms with E-state index in [0.717, 1.165) is 25.3 Å². The van der Waals surface area contributed by atoms with Crippen LogP contribution in [-0.2, 0) is 12.1 Å². The summed E-state index contributed by atoms with van der Waals surface area (Å²) >= 11 is 0. The summed E-state index contributed by atoms with van der Waals surface area (Å²) < 4.78 is 1.91. The number of rotatable bonds is 7. The zero-order valence-corrected chi connectivity index (χ0v) is 12.4. The summed E-state index contributed by atoms with van der Waals surface area (Å²) in [6.07, 6.45) is 4.45. The lowest BCUT2D eigenvalue weighted by Gasteiger charge is -2.17. The molecule has 1 heterocycles. The van der Waals surface area contributed by atoms with E-state index in [0.29, 0.717) is 0 Å². The molecule has 18 heavy (non-hydrogen) atoms. The van der Waals surface area contributed by atoms with Crippen molar-refractivity contribution in [3.05, 3.63) is 11.9 Å². The van der Waals surface area contributed by atoms with Gasteiger partial charge in [0.15, 0.2) is 0 Å². The van der Waals surface area contributed by atoms with Crippen LogP contribution < -0.4 is 5.32 Å². The Morgan fingerprint density at radius 3 is 2.56 bits per heavy atom. The zero-order valence-electron chi connectivity index (χ0n) is 12.4. The molecule has 5 heteroatoms. The summed E-state index contributed by atoms with van der Waals surface area (Å²) in [7, 11) is 4.22. The molecule has 1 N–H and O–H groups in total. The molecule has 0 aliphatic rings. The average Bonchev–Trinajstić information content (AvgIpc) is 2.71. The molecule has 0 spiro atoms. The third-order valence-electron chi connectivity index (χ3n) is 2.74. The van der Waals surface area contributed by atoms with Crippen molar-refractivity contribution in [3.8, 4) is 0 Å². The highest BCUT2D eigenvalue weighted by Crippen LogP contribution is 2.11. The highest BCUT2D eigenvalue weighted by atomic mass is 15.4. The van der Waals surface area contributed by atoms with Gasteiger partial charge in [-0.1, -0.05) is 5.21 Å². The molecule has 1 rings (SSSR count). The Morgan fingerprint density at radius 2 is 2.00 bits per heavy atom. The third kappa shape index (κ3) is 5.60. The molecule has 1 aromatic rings. The number of nitrogens with zero attached hydrogens (tertiary/aromatic N) is 4. The van der Waals surface area contributed by atoms with E-state index in [-0.39, 0.29) is 5.54 Å². The molecule has 0 unspecified atom stereocenters. The molecule has 0 aliphatic carbocycles. The predicted molar refractivity (Wildman–Crippen MR) is 74.5 cm³/mol. The lowest BCUT2D eigenvalue weighted by atomic mass is 10.1. The molecule has 0 saturated heterocycles. The number of hydrogen-bond donors (Lipinski definition) is 1. The molecular weight excluding hydrogens is 226 g/mol. The van der Waals surface area contributed by atoms with Crippen LogP contribution in [0.25, 0.3) is 0 Å². The van der Waals surface area contributed by atoms with Crippen molar-refractivity contribution in [1.82, 2.24) is 25.2 Å². The summed E-state index contributed by atoms with van der Waals surface area (Å²) in [5.41, 5.74) is 1.02. The first-order valence-corrected chi connectivity index (χ1v) is 6.67. The lowest BCUT2D eigenvalue weighted by Crippen LogP contribution is -2.22. The third-order valence-corrected chi connectivity index (χ3v) is 2.74. The molecule has 0 aromatic carbocycles. The monoisotopic (exact) mass is 253 g/mol. The Bertz CT molecular complexity index is 337. The van der Waals surface area contributed by atoms with Crippen LogP contribution in [-0.4, -0.2) is 47.1 Å². The fourth-order valence-electron chi connectivity index (χ4n) is 1.60. The van der Waals surface area contributed by atoms with Crippen molar-refractivity contribution < 1.29 is 0 Å². The van der Waals surface area contributed by atoms with E-state index >= 15 is 0 Å². The molecule has 0 amide bonds. The quantitative estimate of drug-likeness (QED) is 0.747. The maximum Gasteiger partial charge on any atom is 0.0965 e. The Labute approximate surface area is 111 Å². The minimum absolute atomic E-state index is 0.0109. The van der Waals surface area contributed by atoms with Crippen LogP contribution in [0, 0.1) is 0 Å². The smallest absolute Gasteiger partial charge is 0.0965 e. The SMILES string of the molecule is CN(C)CCCCNCc1cn(C(C)(C)C)nn1. The molecule has 5 nitrogen and oxygen atoms in total. The van der Waals surface area contributed by atoms with Crippen molar-refractivity contribution in [2.75, 3.05) is 27.2 Å². The van der Waals surface area contributed by atoms with Gasteiger partial charge in [0.2, 0.25) is 0 Å². The van der Waals surface area contributed by atoms with Gasteiger partial charge in [0.25, 0.3) is 0 Å². The molecule has 0 fully saturated rings. The Balaban J connectivity index is 2.18. The minimum Gasteiger partial charge on any atom is -0.311 e. The van der Waals surface area contributed by atoms with Crippen LogP contribution in [0.5, 0.6) is 0 Å². The molecule has 1 aromatic heterocycles. The van der Waals surface area contributed by atoms with E-state index in [9.17, 15) is 0 Å². The van der Waals surface area contributed by atoms with Gasteiger partial charge in [-0.25, -0.2) is 4.68 Å². The number of unbranched alkanes of at least 4 members (excludes halogenated alkanes) is 1. The highest BCUT2D eigenvalue weighted by Gasteiger charge is 2.14. The number of nitrogens with one attached hydrogen (secondary N) is 1. The normalized spacial score (nSPS) is 12.3. The predicted octanol–water partition coefficient (Wildman–Crippen LogP) is 1.46. The van der Waals surface area contributed by atoms with E-state index in [1.807, 2.05) is 10.9 Å². The Morgan fingerprint density at radius 1 is 1.28 bits per heavy atom. The molecule has 0 saturated carbocycles. The van der Waals surface area contributed by atoms with Gasteiger partial charge in [0.05, 0.1) is 17.4 Å². The van der Waals surface area contributed by atoms with E-state index in [1.54, 1.807) is 0 Å². The van der Waals surface area contributed by atoms with Gasteiger partial charge in [-0.15, -0.1) is 5.10 Å². The second-order valence-corrected chi connectivity index (χ2v) is 6.01. The van der Waals surface area contributed by atoms with Gasteiger partial charge in [-0.2, -0.15) is 0 Å². The summed E-state index contributed by atoms with van der Waals surface area (Å²) in [6.45, 7) is 9.37. The average molecular weight is 253 g/mol. The largest absolute Gasteiger partial charge is 0.311 e. The Hall–Kier alpha value is -0.940. The Kier molecular flexibility index (Phi) is 5.75. The highest BCUT2D eigenvalue weighted by molar-refractivity contribution is 4.93. The van der Waals surface area contributed by atoms with Crippen LogP contribution in [0.3, 0.4) is 0 Å². The molecule has 0 aliphatic heterocycles. The number of hydrogen-bond acceptors (Lipinski definition) is 4. The summed E-state index contributed by atoms with van der Waals surface area (Å²) in [4.78, 5) is 2.22. The first-order valence-electron chi connectivity index (χ1n) is 6.67. The second-order valence-electron chi connectivity index (χ2n) is 6.01. The van der Waals surface area contributed by atoms with E-state index in [4.69, 9.17) is 0 Å². The van der Waals surface area contributed by atoms with Crippen LogP contribution in [0.2, 0.25) is 0 Å². The fourth-order valence-corrected chi connectivity index (χ4v) is 1.60. The van der Waals surface area contributed by atoms with Gasteiger partial charge in [-0.05, 0) is 60.8 Å². The van der Waals surface area contributed by atoms with Gasteiger partial charge >= 0.3 is 0 Å². The van der Waals surface area contributed by atoms with Gasteiger partial charge < -0.3 is 10.2 Å². The minimum atomic E-state index is 0.0109. The topological polar surface area (TPSA) is 46.0 Å². The van der Waals surface area contributed by atoms with Crippen molar-refractivity contribution in [2.45, 2.75) is 45.7 Å². The summed E-state index contributed by atoms with van der Waals surface area (Å²) in [5.74, 6) is 0. The van der Waals surface area contributed by atoms with Gasteiger partial charge in [0.1, 0.15) is 0 Å². The van der Waals surface area contributed by atoms with E-state index < -0.39 is 0 Å². The molecule has 0 bridgehead atoms.